The van der Waals surface area contributed by atoms with E-state index < -0.39 is 6.29 Å². The summed E-state index contributed by atoms with van der Waals surface area (Å²) in [6.45, 7) is 2.10. The number of rotatable bonds is 5. The molecule has 0 heterocycles. The van der Waals surface area contributed by atoms with E-state index in [-0.39, 0.29) is 37.7 Å². The zero-order valence-corrected chi connectivity index (χ0v) is 8.84. The molecule has 0 atom stereocenters. The average molecular weight is 170 g/mol. The average Bonchev–Trinajstić information content (AvgIpc) is 1.80. The first-order valence-electron chi connectivity index (χ1n) is 3.59. The Labute approximate surface area is 92.6 Å². The summed E-state index contributed by atoms with van der Waals surface area (Å²) in [6.07, 6.45) is 2.86. The summed E-state index contributed by atoms with van der Waals surface area (Å²) in [5, 5.41) is 19.9. The van der Waals surface area contributed by atoms with Gasteiger partial charge in [-0.2, -0.15) is 0 Å². The summed E-state index contributed by atoms with van der Waals surface area (Å²) in [5.74, 6) is 0. The van der Waals surface area contributed by atoms with Gasteiger partial charge >= 0.3 is 37.7 Å². The minimum Gasteiger partial charge on any atom is -0.865 e. The van der Waals surface area contributed by atoms with Gasteiger partial charge in [0.1, 0.15) is 0 Å². The van der Waals surface area contributed by atoms with Gasteiger partial charge in [0.25, 0.3) is 0 Å². The van der Waals surface area contributed by atoms with Crippen molar-refractivity contribution in [3.8, 4) is 0 Å². The minimum atomic E-state index is -1.60. The number of hydrogen-bond acceptors (Lipinski definition) is 2. The molecule has 10 heavy (non-hydrogen) atoms. The van der Waals surface area contributed by atoms with Gasteiger partial charge in [-0.15, -0.1) is 0 Å². The van der Waals surface area contributed by atoms with Crippen LogP contribution in [-0.4, -0.2) is 44.0 Å². The van der Waals surface area contributed by atoms with Crippen LogP contribution >= 0.6 is 0 Å². The molecule has 0 aliphatic rings. The fraction of sp³-hybridized carbons (Fsp3) is 1.00. The predicted molar refractivity (Wildman–Crippen MR) is 38.3 cm³/mol. The van der Waals surface area contributed by atoms with Crippen molar-refractivity contribution in [1.29, 1.82) is 0 Å². The van der Waals surface area contributed by atoms with Crippen LogP contribution in [0.15, 0.2) is 0 Å². The number of unbranched alkanes of at least 4 members (excludes halogenated alkanes) is 3. The maximum atomic E-state index is 9.93. The minimum absolute atomic E-state index is 0. The van der Waals surface area contributed by atoms with Gasteiger partial charge < -0.3 is 10.2 Å². The molecule has 0 unspecified atom stereocenters. The van der Waals surface area contributed by atoms with Crippen LogP contribution in [-0.2, 0) is 0 Å². The molecule has 0 N–H and O–H groups in total. The monoisotopic (exact) mass is 170 g/mol. The third-order valence-corrected chi connectivity index (χ3v) is 1.29. The summed E-state index contributed by atoms with van der Waals surface area (Å²) in [6, 6.07) is 0. The third kappa shape index (κ3) is 11.9. The second-order valence-corrected chi connectivity index (χ2v) is 2.28. The van der Waals surface area contributed by atoms with Crippen molar-refractivity contribution < 1.29 is 10.2 Å². The van der Waals surface area contributed by atoms with Gasteiger partial charge in [0.2, 0.25) is 0 Å². The maximum absolute atomic E-state index is 9.93. The molecule has 0 bridgehead atoms. The van der Waals surface area contributed by atoms with Crippen molar-refractivity contribution in [2.24, 2.45) is 0 Å². The summed E-state index contributed by atoms with van der Waals surface area (Å²) in [5.41, 5.74) is 0. The number of hydrogen-bond donors (Lipinski definition) is 0. The molecule has 0 saturated heterocycles. The third-order valence-electron chi connectivity index (χ3n) is 1.29. The first kappa shape index (κ1) is 13.7. The van der Waals surface area contributed by atoms with Gasteiger partial charge in [0.15, 0.2) is 0 Å². The van der Waals surface area contributed by atoms with Crippen molar-refractivity contribution in [2.75, 3.05) is 0 Å². The maximum Gasteiger partial charge on any atom is 2.00 e. The van der Waals surface area contributed by atoms with Crippen LogP contribution in [0.5, 0.6) is 0 Å². The van der Waals surface area contributed by atoms with Gasteiger partial charge in [-0.3, -0.25) is 0 Å². The van der Waals surface area contributed by atoms with Gasteiger partial charge in [0, 0.05) is 0 Å². The van der Waals surface area contributed by atoms with E-state index in [1.54, 1.807) is 0 Å². The second-order valence-electron chi connectivity index (χ2n) is 2.28. The summed E-state index contributed by atoms with van der Waals surface area (Å²) >= 11 is 0. The molecule has 0 saturated carbocycles. The van der Waals surface area contributed by atoms with Crippen LogP contribution in [0.3, 0.4) is 0 Å². The molecule has 0 amide bonds. The Bertz CT molecular complexity index is 57.6. The van der Waals surface area contributed by atoms with E-state index in [0.29, 0.717) is 6.42 Å². The normalized spacial score (nSPS) is 9.60. The molecule has 0 rings (SSSR count). The molecule has 0 aliphatic heterocycles. The first-order valence-corrected chi connectivity index (χ1v) is 3.59. The van der Waals surface area contributed by atoms with Crippen LogP contribution < -0.4 is 10.2 Å². The van der Waals surface area contributed by atoms with E-state index >= 15 is 0 Å². The standard InChI is InChI=1S/C7H14O2.Ca/c1-2-3-4-5-6-7(8)9;/h7H,2-6H2,1H3;/q-2;+2. The van der Waals surface area contributed by atoms with Gasteiger partial charge in [-0.25, -0.2) is 6.29 Å². The fourth-order valence-corrected chi connectivity index (χ4v) is 0.738. The molecule has 2 nitrogen and oxygen atoms in total. The second kappa shape index (κ2) is 10.2. The molecule has 0 aromatic rings. The molecule has 0 radical (unpaired) electrons. The van der Waals surface area contributed by atoms with E-state index in [1.807, 2.05) is 0 Å². The molecule has 0 aliphatic carbocycles. The fourth-order valence-electron chi connectivity index (χ4n) is 0.738. The van der Waals surface area contributed by atoms with Crippen LogP contribution in [0.1, 0.15) is 39.0 Å². The Kier molecular flexibility index (Phi) is 14.0. The van der Waals surface area contributed by atoms with Crippen molar-refractivity contribution in [3.63, 3.8) is 0 Å². The van der Waals surface area contributed by atoms with Gasteiger partial charge in [-0.1, -0.05) is 39.0 Å². The van der Waals surface area contributed by atoms with Gasteiger partial charge in [-0.05, 0) is 0 Å². The van der Waals surface area contributed by atoms with Crippen LogP contribution in [0, 0.1) is 0 Å². The molecule has 0 aromatic heterocycles. The molecule has 56 valence electrons. The molecular weight excluding hydrogens is 156 g/mol. The zero-order chi connectivity index (χ0) is 7.11. The van der Waals surface area contributed by atoms with E-state index in [9.17, 15) is 10.2 Å². The van der Waals surface area contributed by atoms with Crippen molar-refractivity contribution in [2.45, 2.75) is 45.3 Å². The SMILES string of the molecule is CCCCCCC([O-])[O-].[Ca+2]. The van der Waals surface area contributed by atoms with Gasteiger partial charge in [0.05, 0.1) is 0 Å². The summed E-state index contributed by atoms with van der Waals surface area (Å²) in [4.78, 5) is 0. The molecule has 0 aromatic carbocycles. The smallest absolute Gasteiger partial charge is 0.865 e. The van der Waals surface area contributed by atoms with E-state index in [1.165, 1.54) is 0 Å². The first-order chi connectivity index (χ1) is 4.27. The Hall–Kier alpha value is 1.18. The quantitative estimate of drug-likeness (QED) is 0.321. The molecule has 0 spiro atoms. The van der Waals surface area contributed by atoms with E-state index in [4.69, 9.17) is 0 Å². The molecule has 3 heteroatoms. The molecular formula is C7H14CaO2. The topological polar surface area (TPSA) is 46.1 Å². The zero-order valence-electron chi connectivity index (χ0n) is 6.64. The molecule has 0 fully saturated rings. The Balaban J connectivity index is 0. The van der Waals surface area contributed by atoms with Crippen molar-refractivity contribution >= 4 is 37.7 Å². The largest absolute Gasteiger partial charge is 2.00 e. The van der Waals surface area contributed by atoms with Crippen LogP contribution in [0.25, 0.3) is 0 Å². The van der Waals surface area contributed by atoms with E-state index in [2.05, 4.69) is 6.92 Å². The predicted octanol–water partition coefficient (Wildman–Crippen LogP) is -0.377. The Morgan fingerprint density at radius 1 is 1.10 bits per heavy atom. The summed E-state index contributed by atoms with van der Waals surface area (Å²) < 4.78 is 0. The van der Waals surface area contributed by atoms with Crippen molar-refractivity contribution in [3.05, 3.63) is 0 Å². The Morgan fingerprint density at radius 2 is 1.70 bits per heavy atom. The summed E-state index contributed by atoms with van der Waals surface area (Å²) in [7, 11) is 0. The van der Waals surface area contributed by atoms with E-state index in [0.717, 1.165) is 25.7 Å². The Morgan fingerprint density at radius 3 is 2.10 bits per heavy atom. The van der Waals surface area contributed by atoms with Crippen LogP contribution in [0.2, 0.25) is 0 Å². The van der Waals surface area contributed by atoms with Crippen LogP contribution in [0.4, 0.5) is 0 Å². The van der Waals surface area contributed by atoms with Crippen molar-refractivity contribution in [1.82, 2.24) is 0 Å².